The van der Waals surface area contributed by atoms with E-state index in [-0.39, 0.29) is 11.7 Å². The van der Waals surface area contributed by atoms with Gasteiger partial charge in [-0.25, -0.2) is 0 Å². The van der Waals surface area contributed by atoms with E-state index in [1.54, 1.807) is 36.4 Å². The maximum atomic E-state index is 12.5. The minimum absolute atomic E-state index is 0.0745. The number of amides is 1. The average Bonchev–Trinajstić information content (AvgIpc) is 2.69. The number of benzene rings is 2. The molecule has 0 radical (unpaired) electrons. The second-order valence-corrected chi connectivity index (χ2v) is 6.69. The molecule has 0 aliphatic rings. The molecular weight excluding hydrogens is 392 g/mol. The summed E-state index contributed by atoms with van der Waals surface area (Å²) in [6.07, 6.45) is 1.36. The topological polar surface area (TPSA) is 80.6 Å². The van der Waals surface area contributed by atoms with Crippen LogP contribution >= 0.6 is 11.6 Å². The number of halogens is 1. The molecule has 0 unspecified atom stereocenters. The van der Waals surface area contributed by atoms with E-state index in [1.807, 2.05) is 26.8 Å². The van der Waals surface area contributed by atoms with Crippen LogP contribution in [0.5, 0.6) is 17.2 Å². The van der Waals surface area contributed by atoms with Gasteiger partial charge in [-0.3, -0.25) is 4.79 Å². The quantitative estimate of drug-likeness (QED) is 0.481. The van der Waals surface area contributed by atoms with E-state index in [2.05, 4.69) is 5.32 Å². The van der Waals surface area contributed by atoms with Crippen molar-refractivity contribution in [3.63, 3.8) is 0 Å². The van der Waals surface area contributed by atoms with Gasteiger partial charge in [0.2, 0.25) is 0 Å². The molecule has 7 heteroatoms. The Hall–Kier alpha value is -3.17. The molecule has 0 fully saturated rings. The normalized spacial score (nSPS) is 11.0. The predicted octanol–water partition coefficient (Wildman–Crippen LogP) is 5.08. The minimum atomic E-state index is -0.533. The number of anilines is 1. The Labute approximate surface area is 175 Å². The number of nitrogens with zero attached hydrogens (tertiary/aromatic N) is 1. The highest BCUT2D eigenvalue weighted by Crippen LogP contribution is 2.37. The number of nitrogens with one attached hydrogen (secondary N) is 1. The fourth-order valence-corrected chi connectivity index (χ4v) is 2.75. The van der Waals surface area contributed by atoms with Crippen LogP contribution in [0.2, 0.25) is 5.02 Å². The van der Waals surface area contributed by atoms with Crippen LogP contribution in [-0.2, 0) is 4.79 Å². The molecule has 152 valence electrons. The highest BCUT2D eigenvalue weighted by molar-refractivity contribution is 6.32. The largest absolute Gasteiger partial charge is 0.494 e. The van der Waals surface area contributed by atoms with Gasteiger partial charge in [-0.1, -0.05) is 11.6 Å². The molecule has 0 aliphatic carbocycles. The summed E-state index contributed by atoms with van der Waals surface area (Å²) in [5.74, 6) is 1.00. The molecule has 2 aromatic rings. The number of rotatable bonds is 8. The van der Waals surface area contributed by atoms with E-state index in [4.69, 9.17) is 25.8 Å². The summed E-state index contributed by atoms with van der Waals surface area (Å²) >= 11 is 6.30. The number of methoxy groups -OCH3 is 1. The van der Waals surface area contributed by atoms with Crippen molar-refractivity contribution in [2.75, 3.05) is 19.0 Å². The molecule has 0 atom stereocenters. The molecule has 1 N–H and O–H groups in total. The van der Waals surface area contributed by atoms with Crippen molar-refractivity contribution in [1.29, 1.82) is 5.26 Å². The van der Waals surface area contributed by atoms with E-state index < -0.39 is 5.91 Å². The Morgan fingerprint density at radius 1 is 1.28 bits per heavy atom. The molecule has 0 spiro atoms. The maximum Gasteiger partial charge on any atom is 0.266 e. The summed E-state index contributed by atoms with van der Waals surface area (Å²) in [7, 11) is 1.50. The molecule has 0 bridgehead atoms. The smallest absolute Gasteiger partial charge is 0.266 e. The fourth-order valence-electron chi connectivity index (χ4n) is 2.49. The van der Waals surface area contributed by atoms with Crippen LogP contribution in [0.25, 0.3) is 6.08 Å². The van der Waals surface area contributed by atoms with Crippen molar-refractivity contribution in [2.24, 2.45) is 0 Å². The summed E-state index contributed by atoms with van der Waals surface area (Å²) in [5, 5.41) is 12.4. The van der Waals surface area contributed by atoms with Gasteiger partial charge in [0.25, 0.3) is 5.91 Å². The summed E-state index contributed by atoms with van der Waals surface area (Å²) in [6.45, 7) is 6.20. The first kappa shape index (κ1) is 22.1. The molecule has 2 rings (SSSR count). The lowest BCUT2D eigenvalue weighted by Crippen LogP contribution is -2.13. The van der Waals surface area contributed by atoms with Crippen molar-refractivity contribution >= 4 is 29.3 Å². The molecular formula is C22H23ClN2O4. The molecule has 6 nitrogen and oxygen atoms in total. The first-order chi connectivity index (χ1) is 13.9. The van der Waals surface area contributed by atoms with Crippen molar-refractivity contribution in [3.05, 3.63) is 52.6 Å². The SMILES string of the molecule is CCOc1ccc(NC(=O)/C(C#N)=C/c2cc(Cl)c(OC(C)C)c(OC)c2)cc1. The van der Waals surface area contributed by atoms with Crippen molar-refractivity contribution in [2.45, 2.75) is 26.9 Å². The fraction of sp³-hybridized carbons (Fsp3) is 0.273. The van der Waals surface area contributed by atoms with Gasteiger partial charge in [0, 0.05) is 5.69 Å². The predicted molar refractivity (Wildman–Crippen MR) is 114 cm³/mol. The zero-order valence-corrected chi connectivity index (χ0v) is 17.5. The highest BCUT2D eigenvalue weighted by Gasteiger charge is 2.15. The Bertz CT molecular complexity index is 931. The van der Waals surface area contributed by atoms with Gasteiger partial charge >= 0.3 is 0 Å². The van der Waals surface area contributed by atoms with Gasteiger partial charge in [-0.05, 0) is 68.8 Å². The highest BCUT2D eigenvalue weighted by atomic mass is 35.5. The van der Waals surface area contributed by atoms with Crippen molar-refractivity contribution in [3.8, 4) is 23.3 Å². The number of carbonyl (C=O) groups is 1. The standard InChI is InChI=1S/C22H23ClN2O4/c1-5-28-18-8-6-17(7-9-18)25-22(26)16(13-24)10-15-11-19(23)21(29-14(2)3)20(12-15)27-4/h6-12,14H,5H2,1-4H3,(H,25,26)/b16-10+. The Balaban J connectivity index is 2.25. The third kappa shape index (κ3) is 6.16. The average molecular weight is 415 g/mol. The monoisotopic (exact) mass is 414 g/mol. The molecule has 29 heavy (non-hydrogen) atoms. The van der Waals surface area contributed by atoms with Gasteiger partial charge < -0.3 is 19.5 Å². The van der Waals surface area contributed by atoms with E-state index in [0.29, 0.717) is 40.1 Å². The van der Waals surface area contributed by atoms with E-state index in [9.17, 15) is 10.1 Å². The molecule has 2 aromatic carbocycles. The van der Waals surface area contributed by atoms with Gasteiger partial charge in [0.15, 0.2) is 11.5 Å². The van der Waals surface area contributed by atoms with Crippen LogP contribution in [0.3, 0.4) is 0 Å². The summed E-state index contributed by atoms with van der Waals surface area (Å²) in [4.78, 5) is 12.5. The molecule has 0 aromatic heterocycles. The van der Waals surface area contributed by atoms with Crippen LogP contribution in [0.1, 0.15) is 26.3 Å². The number of nitriles is 1. The number of hydrogen-bond donors (Lipinski definition) is 1. The molecule has 1 amide bonds. The molecule has 0 saturated heterocycles. The lowest BCUT2D eigenvalue weighted by Gasteiger charge is -2.15. The molecule has 0 saturated carbocycles. The van der Waals surface area contributed by atoms with Crippen LogP contribution in [0, 0.1) is 11.3 Å². The van der Waals surface area contributed by atoms with Crippen molar-refractivity contribution < 1.29 is 19.0 Å². The maximum absolute atomic E-state index is 12.5. The van der Waals surface area contributed by atoms with E-state index in [0.717, 1.165) is 0 Å². The lowest BCUT2D eigenvalue weighted by molar-refractivity contribution is -0.112. The second kappa shape index (κ2) is 10.4. The Morgan fingerprint density at radius 2 is 1.97 bits per heavy atom. The Kier molecular flexibility index (Phi) is 7.93. The summed E-state index contributed by atoms with van der Waals surface area (Å²) in [6, 6.07) is 12.1. The molecule has 0 heterocycles. The third-order valence-corrected chi connectivity index (χ3v) is 3.99. The number of hydrogen-bond acceptors (Lipinski definition) is 5. The van der Waals surface area contributed by atoms with Gasteiger partial charge in [-0.15, -0.1) is 0 Å². The van der Waals surface area contributed by atoms with Gasteiger partial charge in [-0.2, -0.15) is 5.26 Å². The second-order valence-electron chi connectivity index (χ2n) is 6.28. The van der Waals surface area contributed by atoms with Crippen LogP contribution < -0.4 is 19.5 Å². The van der Waals surface area contributed by atoms with E-state index in [1.165, 1.54) is 13.2 Å². The van der Waals surface area contributed by atoms with Crippen LogP contribution in [0.4, 0.5) is 5.69 Å². The van der Waals surface area contributed by atoms with Crippen molar-refractivity contribution in [1.82, 2.24) is 0 Å². The molecule has 0 aliphatic heterocycles. The number of carbonyl (C=O) groups excluding carboxylic acids is 1. The van der Waals surface area contributed by atoms with Gasteiger partial charge in [0.1, 0.15) is 17.4 Å². The lowest BCUT2D eigenvalue weighted by atomic mass is 10.1. The minimum Gasteiger partial charge on any atom is -0.494 e. The Morgan fingerprint density at radius 3 is 2.52 bits per heavy atom. The zero-order chi connectivity index (χ0) is 21.4. The first-order valence-electron chi connectivity index (χ1n) is 9.08. The zero-order valence-electron chi connectivity index (χ0n) is 16.8. The summed E-state index contributed by atoms with van der Waals surface area (Å²) in [5.41, 5.74) is 1.02. The van der Waals surface area contributed by atoms with Crippen LogP contribution in [-0.4, -0.2) is 25.7 Å². The van der Waals surface area contributed by atoms with Gasteiger partial charge in [0.05, 0.1) is 24.8 Å². The van der Waals surface area contributed by atoms with Crippen LogP contribution in [0.15, 0.2) is 42.0 Å². The summed E-state index contributed by atoms with van der Waals surface area (Å²) < 4.78 is 16.4. The first-order valence-corrected chi connectivity index (χ1v) is 9.45. The van der Waals surface area contributed by atoms with E-state index >= 15 is 0 Å². The third-order valence-electron chi connectivity index (χ3n) is 3.70. The number of ether oxygens (including phenoxy) is 3.